The van der Waals surface area contributed by atoms with Crippen LogP contribution < -0.4 is 5.32 Å². The third-order valence-corrected chi connectivity index (χ3v) is 4.03. The molecule has 6 nitrogen and oxygen atoms in total. The maximum Gasteiger partial charge on any atom is 0.254 e. The highest BCUT2D eigenvalue weighted by atomic mass is 16.2. The van der Waals surface area contributed by atoms with Crippen LogP contribution in [0.2, 0.25) is 0 Å². The zero-order valence-electron chi connectivity index (χ0n) is 11.0. The van der Waals surface area contributed by atoms with E-state index in [9.17, 15) is 4.79 Å². The lowest BCUT2D eigenvalue weighted by molar-refractivity contribution is 0.0732. The van der Waals surface area contributed by atoms with E-state index < -0.39 is 0 Å². The van der Waals surface area contributed by atoms with E-state index in [2.05, 4.69) is 20.7 Å². The molecular formula is C14H15N5O. The van der Waals surface area contributed by atoms with Crippen molar-refractivity contribution in [2.75, 3.05) is 6.54 Å². The van der Waals surface area contributed by atoms with Gasteiger partial charge in [-0.1, -0.05) is 6.07 Å². The number of hydrogen-bond acceptors (Lipinski definition) is 4. The van der Waals surface area contributed by atoms with Crippen LogP contribution >= 0.6 is 0 Å². The van der Waals surface area contributed by atoms with Crippen molar-refractivity contribution in [2.24, 2.45) is 0 Å². The fourth-order valence-electron chi connectivity index (χ4n) is 2.89. The molecule has 0 radical (unpaired) electrons. The van der Waals surface area contributed by atoms with Gasteiger partial charge < -0.3 is 10.2 Å². The van der Waals surface area contributed by atoms with E-state index in [-0.39, 0.29) is 5.91 Å². The molecule has 1 amide bonds. The van der Waals surface area contributed by atoms with Gasteiger partial charge in [0.05, 0.1) is 12.2 Å². The van der Waals surface area contributed by atoms with Crippen LogP contribution in [0.4, 0.5) is 0 Å². The number of aromatic amines is 1. The minimum atomic E-state index is 0.0772. The summed E-state index contributed by atoms with van der Waals surface area (Å²) in [6, 6.07) is 5.98. The van der Waals surface area contributed by atoms with Crippen LogP contribution in [0.5, 0.6) is 0 Å². The SMILES string of the molecule is O=C(c1ccc2c(c1)CNC2)N1CCc2n[nH]nc2C1. The summed E-state index contributed by atoms with van der Waals surface area (Å²) < 4.78 is 0. The Hall–Kier alpha value is -2.21. The van der Waals surface area contributed by atoms with Crippen molar-refractivity contribution >= 4 is 5.91 Å². The highest BCUT2D eigenvalue weighted by Gasteiger charge is 2.25. The van der Waals surface area contributed by atoms with Gasteiger partial charge in [-0.15, -0.1) is 0 Å². The van der Waals surface area contributed by atoms with E-state index in [0.717, 1.165) is 36.5 Å². The average molecular weight is 269 g/mol. The number of rotatable bonds is 1. The van der Waals surface area contributed by atoms with Crippen LogP contribution in [0.3, 0.4) is 0 Å². The average Bonchev–Trinajstić information content (AvgIpc) is 3.13. The Bertz CT molecular complexity index is 678. The summed E-state index contributed by atoms with van der Waals surface area (Å²) in [4.78, 5) is 14.4. The number of benzene rings is 1. The first-order chi connectivity index (χ1) is 9.81. The van der Waals surface area contributed by atoms with E-state index in [1.165, 1.54) is 11.1 Å². The molecular weight excluding hydrogens is 254 g/mol. The molecule has 6 heteroatoms. The normalized spacial score (nSPS) is 16.9. The van der Waals surface area contributed by atoms with Crippen LogP contribution in [0, 0.1) is 0 Å². The van der Waals surface area contributed by atoms with E-state index in [1.807, 2.05) is 23.1 Å². The van der Waals surface area contributed by atoms with Crippen LogP contribution in [0.1, 0.15) is 32.9 Å². The van der Waals surface area contributed by atoms with Gasteiger partial charge in [-0.05, 0) is 23.3 Å². The number of H-pyrrole nitrogens is 1. The van der Waals surface area contributed by atoms with E-state index in [0.29, 0.717) is 13.1 Å². The summed E-state index contributed by atoms with van der Waals surface area (Å²) in [6.45, 7) is 2.99. The topological polar surface area (TPSA) is 73.9 Å². The van der Waals surface area contributed by atoms with Gasteiger partial charge in [0.2, 0.25) is 0 Å². The number of amides is 1. The number of hydrogen-bond donors (Lipinski definition) is 2. The van der Waals surface area contributed by atoms with Gasteiger partial charge in [0.15, 0.2) is 0 Å². The quantitative estimate of drug-likeness (QED) is 0.795. The first-order valence-electron chi connectivity index (χ1n) is 6.81. The first-order valence-corrected chi connectivity index (χ1v) is 6.81. The lowest BCUT2D eigenvalue weighted by Gasteiger charge is -2.25. The lowest BCUT2D eigenvalue weighted by Crippen LogP contribution is -2.36. The van der Waals surface area contributed by atoms with Gasteiger partial charge in [0.25, 0.3) is 5.91 Å². The highest BCUT2D eigenvalue weighted by molar-refractivity contribution is 5.94. The maximum absolute atomic E-state index is 12.6. The number of nitrogens with one attached hydrogen (secondary N) is 2. The van der Waals surface area contributed by atoms with Crippen molar-refractivity contribution in [2.45, 2.75) is 26.1 Å². The van der Waals surface area contributed by atoms with Crippen LogP contribution in [0.25, 0.3) is 0 Å². The predicted molar refractivity (Wildman–Crippen MR) is 71.8 cm³/mol. The van der Waals surface area contributed by atoms with Gasteiger partial charge in [0, 0.05) is 31.6 Å². The number of carbonyl (C=O) groups is 1. The Morgan fingerprint density at radius 3 is 2.95 bits per heavy atom. The number of fused-ring (bicyclic) bond motifs is 2. The Morgan fingerprint density at radius 2 is 2.00 bits per heavy atom. The summed E-state index contributed by atoms with van der Waals surface area (Å²) in [5.41, 5.74) is 5.15. The van der Waals surface area contributed by atoms with Crippen LogP contribution in [-0.4, -0.2) is 32.8 Å². The predicted octanol–water partition coefficient (Wildman–Crippen LogP) is 0.606. The minimum absolute atomic E-state index is 0.0772. The second kappa shape index (κ2) is 4.42. The maximum atomic E-state index is 12.6. The van der Waals surface area contributed by atoms with Gasteiger partial charge in [-0.2, -0.15) is 15.4 Å². The third-order valence-electron chi connectivity index (χ3n) is 4.03. The standard InChI is InChI=1S/C14H15N5O/c20-14(9-1-2-10-6-15-7-11(10)5-9)19-4-3-12-13(8-19)17-18-16-12/h1-2,5,15H,3-4,6-8H2,(H,16,17,18). The Labute approximate surface area is 116 Å². The zero-order chi connectivity index (χ0) is 13.5. The van der Waals surface area contributed by atoms with Gasteiger partial charge >= 0.3 is 0 Å². The molecule has 1 aromatic carbocycles. The number of nitrogens with zero attached hydrogens (tertiary/aromatic N) is 3. The summed E-state index contributed by atoms with van der Waals surface area (Å²) in [5, 5.41) is 14.1. The summed E-state index contributed by atoms with van der Waals surface area (Å²) >= 11 is 0. The second-order valence-corrected chi connectivity index (χ2v) is 5.28. The van der Waals surface area contributed by atoms with Crippen molar-refractivity contribution in [3.63, 3.8) is 0 Å². The Balaban J connectivity index is 1.59. The molecule has 2 aromatic rings. The fourth-order valence-corrected chi connectivity index (χ4v) is 2.89. The molecule has 102 valence electrons. The van der Waals surface area contributed by atoms with Crippen molar-refractivity contribution in [3.8, 4) is 0 Å². The molecule has 20 heavy (non-hydrogen) atoms. The summed E-state index contributed by atoms with van der Waals surface area (Å²) in [6.07, 6.45) is 0.768. The molecule has 1 aromatic heterocycles. The Kier molecular flexibility index (Phi) is 2.56. The number of carbonyl (C=O) groups excluding carboxylic acids is 1. The van der Waals surface area contributed by atoms with Crippen LogP contribution in [-0.2, 0) is 26.1 Å². The zero-order valence-corrected chi connectivity index (χ0v) is 11.0. The van der Waals surface area contributed by atoms with Crippen molar-refractivity contribution in [1.82, 2.24) is 25.6 Å². The molecule has 0 fully saturated rings. The molecule has 2 N–H and O–H groups in total. The van der Waals surface area contributed by atoms with Crippen molar-refractivity contribution < 1.29 is 4.79 Å². The molecule has 0 spiro atoms. The summed E-state index contributed by atoms with van der Waals surface area (Å²) in [7, 11) is 0. The molecule has 2 aliphatic heterocycles. The molecule has 0 saturated heterocycles. The molecule has 0 atom stereocenters. The smallest absolute Gasteiger partial charge is 0.254 e. The molecule has 4 rings (SSSR count). The molecule has 2 aliphatic rings. The van der Waals surface area contributed by atoms with E-state index in [1.54, 1.807) is 0 Å². The van der Waals surface area contributed by atoms with Gasteiger partial charge in [-0.3, -0.25) is 4.79 Å². The third kappa shape index (κ3) is 1.80. The fraction of sp³-hybridized carbons (Fsp3) is 0.357. The molecule has 3 heterocycles. The molecule has 0 aliphatic carbocycles. The minimum Gasteiger partial charge on any atom is -0.332 e. The molecule has 0 bridgehead atoms. The first kappa shape index (κ1) is 11.6. The largest absolute Gasteiger partial charge is 0.332 e. The lowest BCUT2D eigenvalue weighted by atomic mass is 10.0. The van der Waals surface area contributed by atoms with E-state index >= 15 is 0 Å². The van der Waals surface area contributed by atoms with Gasteiger partial charge in [0.1, 0.15) is 5.69 Å². The van der Waals surface area contributed by atoms with Crippen molar-refractivity contribution in [1.29, 1.82) is 0 Å². The van der Waals surface area contributed by atoms with E-state index in [4.69, 9.17) is 0 Å². The van der Waals surface area contributed by atoms with Crippen molar-refractivity contribution in [3.05, 3.63) is 46.3 Å². The van der Waals surface area contributed by atoms with Gasteiger partial charge in [-0.25, -0.2) is 0 Å². The summed E-state index contributed by atoms with van der Waals surface area (Å²) in [5.74, 6) is 0.0772. The Morgan fingerprint density at radius 1 is 1.15 bits per heavy atom. The monoisotopic (exact) mass is 269 g/mol. The molecule has 0 saturated carbocycles. The van der Waals surface area contributed by atoms with Crippen LogP contribution in [0.15, 0.2) is 18.2 Å². The second-order valence-electron chi connectivity index (χ2n) is 5.28. The number of aromatic nitrogens is 3. The molecule has 0 unspecified atom stereocenters. The highest BCUT2D eigenvalue weighted by Crippen LogP contribution is 2.20.